The minimum atomic E-state index is -1.40. The summed E-state index contributed by atoms with van der Waals surface area (Å²) in [5, 5.41) is 0. The molecule has 1 aliphatic rings. The van der Waals surface area contributed by atoms with Gasteiger partial charge in [0.25, 0.3) is 0 Å². The van der Waals surface area contributed by atoms with Gasteiger partial charge < -0.3 is 9.47 Å². The summed E-state index contributed by atoms with van der Waals surface area (Å²) in [5.41, 5.74) is 0.607. The van der Waals surface area contributed by atoms with Crippen molar-refractivity contribution in [2.45, 2.75) is 32.6 Å². The third-order valence-corrected chi connectivity index (χ3v) is 4.56. The topological polar surface area (TPSA) is 52.6 Å². The van der Waals surface area contributed by atoms with E-state index < -0.39 is 25.4 Å². The Morgan fingerprint density at radius 3 is 1.95 bits per heavy atom. The van der Waals surface area contributed by atoms with Gasteiger partial charge in [-0.1, -0.05) is 25.2 Å². The van der Waals surface area contributed by atoms with Gasteiger partial charge in [0.1, 0.15) is 0 Å². The molecule has 0 saturated carbocycles. The lowest BCUT2D eigenvalue weighted by Crippen LogP contribution is -2.37. The standard InChI is InChI=1S/C14H22O4Si/c1-10-7-14(12(15)17-2,13(16)18-3)8-11(10)9-19(4,5)6/h7-8H,9H2,1-6H3. The molecule has 106 valence electrons. The Balaban J connectivity index is 3.24. The van der Waals surface area contributed by atoms with E-state index in [4.69, 9.17) is 9.47 Å². The maximum atomic E-state index is 12.0. The highest BCUT2D eigenvalue weighted by atomic mass is 28.3. The molecular formula is C14H22O4Si. The van der Waals surface area contributed by atoms with Gasteiger partial charge in [0.05, 0.1) is 14.2 Å². The molecule has 1 aliphatic carbocycles. The Bertz CT molecular complexity index is 439. The SMILES string of the molecule is COC(=O)C1(C(=O)OC)C=C(C)C(C[Si](C)(C)C)=C1. The average molecular weight is 282 g/mol. The first-order chi connectivity index (χ1) is 8.66. The number of ether oxygens (including phenoxy) is 2. The number of rotatable bonds is 4. The van der Waals surface area contributed by atoms with Crippen LogP contribution in [-0.4, -0.2) is 34.2 Å². The van der Waals surface area contributed by atoms with Crippen molar-refractivity contribution in [3.05, 3.63) is 23.3 Å². The van der Waals surface area contributed by atoms with Crippen LogP contribution in [-0.2, 0) is 19.1 Å². The molecule has 5 heteroatoms. The fraction of sp³-hybridized carbons (Fsp3) is 0.571. The zero-order valence-electron chi connectivity index (χ0n) is 12.5. The predicted octanol–water partition coefficient (Wildman–Crippen LogP) is 2.54. The molecule has 0 bridgehead atoms. The summed E-state index contributed by atoms with van der Waals surface area (Å²) in [6.45, 7) is 8.66. The van der Waals surface area contributed by atoms with Crippen molar-refractivity contribution in [1.29, 1.82) is 0 Å². The van der Waals surface area contributed by atoms with E-state index in [-0.39, 0.29) is 0 Å². The zero-order valence-corrected chi connectivity index (χ0v) is 13.5. The van der Waals surface area contributed by atoms with Crippen molar-refractivity contribution >= 4 is 20.0 Å². The molecular weight excluding hydrogens is 260 g/mol. The molecule has 0 amide bonds. The summed E-state index contributed by atoms with van der Waals surface area (Å²) < 4.78 is 9.54. The van der Waals surface area contributed by atoms with Gasteiger partial charge in [-0.3, -0.25) is 9.59 Å². The van der Waals surface area contributed by atoms with Gasteiger partial charge in [0, 0.05) is 8.07 Å². The van der Waals surface area contributed by atoms with Crippen LogP contribution in [0.5, 0.6) is 0 Å². The second-order valence-electron chi connectivity index (χ2n) is 6.09. The minimum Gasteiger partial charge on any atom is -0.468 e. The highest BCUT2D eigenvalue weighted by Crippen LogP contribution is 2.39. The van der Waals surface area contributed by atoms with Crippen LogP contribution in [0, 0.1) is 5.41 Å². The third-order valence-electron chi connectivity index (χ3n) is 3.12. The summed E-state index contributed by atoms with van der Waals surface area (Å²) in [4.78, 5) is 24.0. The first-order valence-electron chi connectivity index (χ1n) is 6.24. The molecule has 0 aromatic heterocycles. The molecule has 0 aromatic carbocycles. The molecule has 1 rings (SSSR count). The molecule has 4 nitrogen and oxygen atoms in total. The van der Waals surface area contributed by atoms with Crippen LogP contribution < -0.4 is 0 Å². The van der Waals surface area contributed by atoms with Gasteiger partial charge in [-0.15, -0.1) is 0 Å². The van der Waals surface area contributed by atoms with Gasteiger partial charge in [-0.2, -0.15) is 0 Å². The van der Waals surface area contributed by atoms with Gasteiger partial charge in [-0.05, 0) is 30.7 Å². The van der Waals surface area contributed by atoms with Crippen LogP contribution >= 0.6 is 0 Å². The van der Waals surface area contributed by atoms with E-state index in [1.54, 1.807) is 12.2 Å². The quantitative estimate of drug-likeness (QED) is 0.452. The van der Waals surface area contributed by atoms with E-state index in [0.717, 1.165) is 17.2 Å². The normalized spacial score (nSPS) is 17.6. The molecule has 0 unspecified atom stereocenters. The molecule has 0 heterocycles. The second-order valence-corrected chi connectivity index (χ2v) is 11.6. The predicted molar refractivity (Wildman–Crippen MR) is 76.5 cm³/mol. The van der Waals surface area contributed by atoms with E-state index in [0.29, 0.717) is 0 Å². The largest absolute Gasteiger partial charge is 0.468 e. The van der Waals surface area contributed by atoms with Gasteiger partial charge >= 0.3 is 11.9 Å². The molecule has 0 saturated heterocycles. The second kappa shape index (κ2) is 5.33. The summed E-state index contributed by atoms with van der Waals surface area (Å²) in [6.07, 6.45) is 3.36. The Morgan fingerprint density at radius 1 is 1.11 bits per heavy atom. The molecule has 0 radical (unpaired) electrons. The maximum Gasteiger partial charge on any atom is 0.331 e. The van der Waals surface area contributed by atoms with Crippen LogP contribution in [0.15, 0.2) is 23.3 Å². The highest BCUT2D eigenvalue weighted by molar-refractivity contribution is 6.76. The van der Waals surface area contributed by atoms with Crippen molar-refractivity contribution in [2.75, 3.05) is 14.2 Å². The highest BCUT2D eigenvalue weighted by Gasteiger charge is 2.48. The van der Waals surface area contributed by atoms with Crippen molar-refractivity contribution in [3.8, 4) is 0 Å². The van der Waals surface area contributed by atoms with E-state index in [2.05, 4.69) is 19.6 Å². The molecule has 0 spiro atoms. The lowest BCUT2D eigenvalue weighted by atomic mass is 9.90. The number of hydrogen-bond acceptors (Lipinski definition) is 4. The fourth-order valence-electron chi connectivity index (χ4n) is 2.28. The summed E-state index contributed by atoms with van der Waals surface area (Å²) in [5.74, 6) is -1.19. The number of esters is 2. The fourth-order valence-corrected chi connectivity index (χ4v) is 3.81. The minimum absolute atomic E-state index is 0.593. The third kappa shape index (κ3) is 3.15. The number of carbonyl (C=O) groups is 2. The summed E-state index contributed by atoms with van der Waals surface area (Å²) in [7, 11) is 1.23. The molecule has 0 N–H and O–H groups in total. The van der Waals surface area contributed by atoms with Crippen LogP contribution in [0.25, 0.3) is 0 Å². The number of hydrogen-bond donors (Lipinski definition) is 0. The molecule has 0 atom stereocenters. The molecule has 0 aromatic rings. The number of allylic oxidation sites excluding steroid dienone is 2. The van der Waals surface area contributed by atoms with Crippen molar-refractivity contribution in [3.63, 3.8) is 0 Å². The molecule has 0 aliphatic heterocycles. The monoisotopic (exact) mass is 282 g/mol. The smallest absolute Gasteiger partial charge is 0.331 e. The van der Waals surface area contributed by atoms with Crippen LogP contribution in [0.4, 0.5) is 0 Å². The van der Waals surface area contributed by atoms with E-state index in [9.17, 15) is 9.59 Å². The molecule has 19 heavy (non-hydrogen) atoms. The number of carbonyl (C=O) groups excluding carboxylic acids is 2. The lowest BCUT2D eigenvalue weighted by molar-refractivity contribution is -0.161. The first-order valence-corrected chi connectivity index (χ1v) is 9.95. The van der Waals surface area contributed by atoms with Crippen molar-refractivity contribution in [1.82, 2.24) is 0 Å². The molecule has 0 fully saturated rings. The summed E-state index contributed by atoms with van der Waals surface area (Å²) in [6, 6.07) is 0.922. The van der Waals surface area contributed by atoms with Gasteiger partial charge in [-0.25, -0.2) is 0 Å². The van der Waals surface area contributed by atoms with E-state index in [1.807, 2.05) is 6.92 Å². The van der Waals surface area contributed by atoms with Crippen LogP contribution in [0.2, 0.25) is 25.7 Å². The Kier molecular flexibility index (Phi) is 4.40. The van der Waals surface area contributed by atoms with Gasteiger partial charge in [0.15, 0.2) is 0 Å². The Labute approximate surface area is 115 Å². The first kappa shape index (κ1) is 15.7. The Hall–Kier alpha value is -1.36. The number of methoxy groups -OCH3 is 2. The van der Waals surface area contributed by atoms with Crippen LogP contribution in [0.3, 0.4) is 0 Å². The van der Waals surface area contributed by atoms with E-state index in [1.165, 1.54) is 14.2 Å². The summed E-state index contributed by atoms with van der Waals surface area (Å²) >= 11 is 0. The lowest BCUT2D eigenvalue weighted by Gasteiger charge is -2.20. The van der Waals surface area contributed by atoms with Crippen LogP contribution in [0.1, 0.15) is 6.92 Å². The maximum absolute atomic E-state index is 12.0. The van der Waals surface area contributed by atoms with Crippen molar-refractivity contribution < 1.29 is 19.1 Å². The zero-order chi connectivity index (χ0) is 14.8. The Morgan fingerprint density at radius 2 is 1.58 bits per heavy atom. The van der Waals surface area contributed by atoms with Gasteiger partial charge in [0.2, 0.25) is 5.41 Å². The average Bonchev–Trinajstić information content (AvgIpc) is 2.63. The van der Waals surface area contributed by atoms with Crippen molar-refractivity contribution in [2.24, 2.45) is 5.41 Å². The van der Waals surface area contributed by atoms with E-state index >= 15 is 0 Å².